The molecule has 0 aliphatic carbocycles. The number of hydrogen-bond acceptors (Lipinski definition) is 4. The summed E-state index contributed by atoms with van der Waals surface area (Å²) in [5.74, 6) is 0.713. The van der Waals surface area contributed by atoms with Crippen LogP contribution in [-0.2, 0) is 0 Å². The summed E-state index contributed by atoms with van der Waals surface area (Å²) < 4.78 is 0. The lowest BCUT2D eigenvalue weighted by atomic mass is 10.5. The van der Waals surface area contributed by atoms with E-state index in [1.165, 1.54) is 0 Å². The molecule has 1 N–H and O–H groups in total. The number of aliphatic imine (C=N–C) groups is 1. The van der Waals surface area contributed by atoms with Crippen molar-refractivity contribution in [1.82, 2.24) is 10.2 Å². The van der Waals surface area contributed by atoms with Crippen LogP contribution in [0.4, 0.5) is 0 Å². The molecule has 0 saturated carbocycles. The summed E-state index contributed by atoms with van der Waals surface area (Å²) in [6.45, 7) is 4.69. The van der Waals surface area contributed by atoms with Crippen LogP contribution in [-0.4, -0.2) is 30.5 Å². The number of likely N-dealkylation sites (N-methyl/N-ethyl adjacent to an activating group) is 1. The Morgan fingerprint density at radius 3 is 3.30 bits per heavy atom. The van der Waals surface area contributed by atoms with Gasteiger partial charge in [0.2, 0.25) is 5.96 Å². The molecule has 1 rings (SSSR count). The highest BCUT2D eigenvalue weighted by atomic mass is 15.3. The molecule has 0 bridgehead atoms. The SMILES string of the molecule is CCN1CCN=C1NC#N. The Labute approximate surface area is 60.2 Å². The molecule has 0 unspecified atom stereocenters. The van der Waals surface area contributed by atoms with E-state index in [9.17, 15) is 0 Å². The number of nitrogens with zero attached hydrogens (tertiary/aromatic N) is 3. The quantitative estimate of drug-likeness (QED) is 0.401. The Hall–Kier alpha value is -1.24. The summed E-state index contributed by atoms with van der Waals surface area (Å²) in [4.78, 5) is 6.12. The van der Waals surface area contributed by atoms with Crippen LogP contribution in [0.25, 0.3) is 0 Å². The van der Waals surface area contributed by atoms with Gasteiger partial charge in [-0.1, -0.05) is 0 Å². The van der Waals surface area contributed by atoms with Crippen LogP contribution in [0.1, 0.15) is 6.92 Å². The van der Waals surface area contributed by atoms with Gasteiger partial charge in [-0.05, 0) is 6.92 Å². The van der Waals surface area contributed by atoms with Gasteiger partial charge in [0.1, 0.15) is 0 Å². The molecular formula is C6H10N4. The fraction of sp³-hybridized carbons (Fsp3) is 0.667. The minimum absolute atomic E-state index is 0.713. The van der Waals surface area contributed by atoms with E-state index < -0.39 is 0 Å². The fourth-order valence-electron chi connectivity index (χ4n) is 0.959. The molecule has 1 aliphatic rings. The van der Waals surface area contributed by atoms with Crippen LogP contribution in [0.2, 0.25) is 0 Å². The highest BCUT2D eigenvalue weighted by molar-refractivity contribution is 5.82. The molecule has 0 radical (unpaired) electrons. The van der Waals surface area contributed by atoms with Crippen molar-refractivity contribution in [2.24, 2.45) is 4.99 Å². The van der Waals surface area contributed by atoms with Gasteiger partial charge < -0.3 is 4.90 Å². The normalized spacial score (nSPS) is 16.4. The van der Waals surface area contributed by atoms with E-state index in [4.69, 9.17) is 5.26 Å². The van der Waals surface area contributed by atoms with Gasteiger partial charge in [-0.3, -0.25) is 10.3 Å². The first-order valence-corrected chi connectivity index (χ1v) is 3.33. The third-order valence-electron chi connectivity index (χ3n) is 1.48. The summed E-state index contributed by atoms with van der Waals surface area (Å²) in [6, 6.07) is 0. The molecule has 0 saturated heterocycles. The summed E-state index contributed by atoms with van der Waals surface area (Å²) >= 11 is 0. The Balaban J connectivity index is 2.49. The maximum atomic E-state index is 8.27. The van der Waals surface area contributed by atoms with Gasteiger partial charge in [0.15, 0.2) is 6.19 Å². The first-order chi connectivity index (χ1) is 4.88. The fourth-order valence-corrected chi connectivity index (χ4v) is 0.959. The maximum absolute atomic E-state index is 8.27. The molecule has 1 aliphatic heterocycles. The average Bonchev–Trinajstić information content (AvgIpc) is 2.36. The van der Waals surface area contributed by atoms with Gasteiger partial charge in [0, 0.05) is 13.1 Å². The predicted octanol–water partition coefficient (Wildman–Crippen LogP) is -0.251. The lowest BCUT2D eigenvalue weighted by Crippen LogP contribution is -2.35. The molecule has 0 atom stereocenters. The topological polar surface area (TPSA) is 51.4 Å². The summed E-state index contributed by atoms with van der Waals surface area (Å²) in [6.07, 6.45) is 1.85. The summed E-state index contributed by atoms with van der Waals surface area (Å²) in [7, 11) is 0. The zero-order valence-corrected chi connectivity index (χ0v) is 5.96. The highest BCUT2D eigenvalue weighted by Gasteiger charge is 2.13. The van der Waals surface area contributed by atoms with Crippen LogP contribution in [0.3, 0.4) is 0 Å². The Kier molecular flexibility index (Phi) is 2.11. The molecule has 0 aromatic heterocycles. The van der Waals surface area contributed by atoms with Crippen LogP contribution < -0.4 is 5.32 Å². The number of nitrogens with one attached hydrogen (secondary N) is 1. The molecule has 0 aromatic rings. The molecule has 4 heteroatoms. The average molecular weight is 138 g/mol. The molecule has 0 aromatic carbocycles. The molecule has 1 heterocycles. The van der Waals surface area contributed by atoms with E-state index in [0.717, 1.165) is 19.6 Å². The Morgan fingerprint density at radius 1 is 1.90 bits per heavy atom. The standard InChI is InChI=1S/C6H10N4/c1-2-10-4-3-8-6(10)9-5-7/h2-4H2,1H3,(H,8,9). The van der Waals surface area contributed by atoms with Crippen LogP contribution in [0.5, 0.6) is 0 Å². The molecule has 54 valence electrons. The molecule has 0 spiro atoms. The second-order valence-corrected chi connectivity index (χ2v) is 2.02. The first-order valence-electron chi connectivity index (χ1n) is 3.33. The van der Waals surface area contributed by atoms with E-state index in [1.807, 2.05) is 18.0 Å². The van der Waals surface area contributed by atoms with Gasteiger partial charge in [-0.15, -0.1) is 0 Å². The second-order valence-electron chi connectivity index (χ2n) is 2.02. The van der Waals surface area contributed by atoms with Crippen molar-refractivity contribution in [1.29, 1.82) is 5.26 Å². The second kappa shape index (κ2) is 3.06. The van der Waals surface area contributed by atoms with Gasteiger partial charge in [-0.2, -0.15) is 5.26 Å². The minimum atomic E-state index is 0.713. The summed E-state index contributed by atoms with van der Waals surface area (Å²) in [5.41, 5.74) is 0. The number of guanidine groups is 1. The zero-order valence-electron chi connectivity index (χ0n) is 5.96. The van der Waals surface area contributed by atoms with Crippen LogP contribution >= 0.6 is 0 Å². The monoisotopic (exact) mass is 138 g/mol. The molecular weight excluding hydrogens is 128 g/mol. The zero-order chi connectivity index (χ0) is 7.40. The van der Waals surface area contributed by atoms with Crippen molar-refractivity contribution in [2.75, 3.05) is 19.6 Å². The van der Waals surface area contributed by atoms with Crippen molar-refractivity contribution in [3.05, 3.63) is 0 Å². The van der Waals surface area contributed by atoms with Gasteiger partial charge in [0.05, 0.1) is 6.54 Å². The minimum Gasteiger partial charge on any atom is -0.341 e. The summed E-state index contributed by atoms with van der Waals surface area (Å²) in [5, 5.41) is 10.8. The molecule has 0 amide bonds. The van der Waals surface area contributed by atoms with Gasteiger partial charge in [0.25, 0.3) is 0 Å². The largest absolute Gasteiger partial charge is 0.341 e. The molecule has 10 heavy (non-hydrogen) atoms. The predicted molar refractivity (Wildman–Crippen MR) is 38.3 cm³/mol. The smallest absolute Gasteiger partial charge is 0.207 e. The van der Waals surface area contributed by atoms with E-state index in [-0.39, 0.29) is 0 Å². The van der Waals surface area contributed by atoms with Crippen LogP contribution in [0.15, 0.2) is 4.99 Å². The Morgan fingerprint density at radius 2 is 2.70 bits per heavy atom. The van der Waals surface area contributed by atoms with Crippen LogP contribution in [0, 0.1) is 11.5 Å². The lowest BCUT2D eigenvalue weighted by molar-refractivity contribution is 0.473. The Bertz CT molecular complexity index is 179. The third-order valence-corrected chi connectivity index (χ3v) is 1.48. The van der Waals surface area contributed by atoms with Crippen molar-refractivity contribution in [2.45, 2.75) is 6.92 Å². The number of hydrogen-bond donors (Lipinski definition) is 1. The van der Waals surface area contributed by atoms with Crippen molar-refractivity contribution in [3.63, 3.8) is 0 Å². The van der Waals surface area contributed by atoms with E-state index in [2.05, 4.69) is 10.3 Å². The van der Waals surface area contributed by atoms with Gasteiger partial charge in [-0.25, -0.2) is 0 Å². The third kappa shape index (κ3) is 1.18. The van der Waals surface area contributed by atoms with Gasteiger partial charge >= 0.3 is 0 Å². The van der Waals surface area contributed by atoms with Crippen molar-refractivity contribution < 1.29 is 0 Å². The van der Waals surface area contributed by atoms with Crippen molar-refractivity contribution >= 4 is 5.96 Å². The highest BCUT2D eigenvalue weighted by Crippen LogP contribution is 1.96. The van der Waals surface area contributed by atoms with Crippen molar-refractivity contribution in [3.8, 4) is 6.19 Å². The number of nitriles is 1. The maximum Gasteiger partial charge on any atom is 0.207 e. The number of rotatable bonds is 1. The van der Waals surface area contributed by atoms with E-state index >= 15 is 0 Å². The molecule has 4 nitrogen and oxygen atoms in total. The first kappa shape index (κ1) is 6.87. The van der Waals surface area contributed by atoms with E-state index in [1.54, 1.807) is 0 Å². The molecule has 0 fully saturated rings. The van der Waals surface area contributed by atoms with E-state index in [0.29, 0.717) is 5.96 Å². The lowest BCUT2D eigenvalue weighted by Gasteiger charge is -2.14.